The van der Waals surface area contributed by atoms with Crippen molar-refractivity contribution < 1.29 is 14.3 Å². The first-order chi connectivity index (χ1) is 9.45. The summed E-state index contributed by atoms with van der Waals surface area (Å²) in [6.07, 6.45) is 1.79. The molecule has 3 aromatic rings. The lowest BCUT2D eigenvalue weighted by Crippen LogP contribution is -1.99. The standard InChI is InChI=1S/C13H11FN4O2/c1-6-8(5-18(2)17-6)12-15-10-3-7(13(19)20)9(14)4-11(10)16-12/h3-5H,1-2H3,(H,15,16)(H,19,20). The zero-order valence-electron chi connectivity index (χ0n) is 10.8. The third-order valence-corrected chi connectivity index (χ3v) is 3.07. The Kier molecular flexibility index (Phi) is 2.56. The number of benzene rings is 1. The SMILES string of the molecule is Cc1nn(C)cc1-c1nc2cc(C(=O)O)c(F)cc2[nH]1. The lowest BCUT2D eigenvalue weighted by Gasteiger charge is -1.95. The molecule has 1 aromatic carbocycles. The highest BCUT2D eigenvalue weighted by Crippen LogP contribution is 2.24. The van der Waals surface area contributed by atoms with Crippen LogP contribution in [0, 0.1) is 12.7 Å². The van der Waals surface area contributed by atoms with Crippen LogP contribution in [0.25, 0.3) is 22.4 Å². The Morgan fingerprint density at radius 2 is 2.20 bits per heavy atom. The maximum Gasteiger partial charge on any atom is 0.338 e. The van der Waals surface area contributed by atoms with Crippen LogP contribution in [0.3, 0.4) is 0 Å². The highest BCUT2D eigenvalue weighted by Gasteiger charge is 2.16. The molecule has 7 heteroatoms. The van der Waals surface area contributed by atoms with Crippen molar-refractivity contribution in [3.63, 3.8) is 0 Å². The van der Waals surface area contributed by atoms with Gasteiger partial charge < -0.3 is 10.1 Å². The number of aryl methyl sites for hydroxylation is 2. The van der Waals surface area contributed by atoms with Gasteiger partial charge in [-0.3, -0.25) is 4.68 Å². The van der Waals surface area contributed by atoms with E-state index in [4.69, 9.17) is 5.11 Å². The molecule has 0 bridgehead atoms. The van der Waals surface area contributed by atoms with Gasteiger partial charge >= 0.3 is 5.97 Å². The van der Waals surface area contributed by atoms with Crippen LogP contribution in [0.2, 0.25) is 0 Å². The minimum Gasteiger partial charge on any atom is -0.478 e. The zero-order chi connectivity index (χ0) is 14.4. The Balaban J connectivity index is 2.20. The number of nitrogens with one attached hydrogen (secondary N) is 1. The minimum absolute atomic E-state index is 0.390. The molecule has 0 radical (unpaired) electrons. The molecule has 3 rings (SSSR count). The first kappa shape index (κ1) is 12.3. The molecule has 6 nitrogen and oxygen atoms in total. The van der Waals surface area contributed by atoms with Gasteiger partial charge in [-0.1, -0.05) is 0 Å². The summed E-state index contributed by atoms with van der Waals surface area (Å²) < 4.78 is 15.3. The van der Waals surface area contributed by atoms with Crippen LogP contribution in [-0.4, -0.2) is 30.8 Å². The van der Waals surface area contributed by atoms with E-state index in [1.54, 1.807) is 17.9 Å². The third-order valence-electron chi connectivity index (χ3n) is 3.07. The number of hydrogen-bond acceptors (Lipinski definition) is 3. The molecular weight excluding hydrogens is 263 g/mol. The molecule has 0 unspecified atom stereocenters. The largest absolute Gasteiger partial charge is 0.478 e. The second kappa shape index (κ2) is 4.16. The van der Waals surface area contributed by atoms with Crippen molar-refractivity contribution >= 4 is 17.0 Å². The van der Waals surface area contributed by atoms with Crippen molar-refractivity contribution in [2.45, 2.75) is 6.92 Å². The average molecular weight is 274 g/mol. The first-order valence-electron chi connectivity index (χ1n) is 5.89. The van der Waals surface area contributed by atoms with Gasteiger partial charge in [0.15, 0.2) is 0 Å². The summed E-state index contributed by atoms with van der Waals surface area (Å²) in [5.41, 5.74) is 2.04. The van der Waals surface area contributed by atoms with Gasteiger partial charge in [-0.05, 0) is 13.0 Å². The van der Waals surface area contributed by atoms with Gasteiger partial charge in [0.25, 0.3) is 0 Å². The quantitative estimate of drug-likeness (QED) is 0.749. The van der Waals surface area contributed by atoms with Crippen LogP contribution in [0.15, 0.2) is 18.3 Å². The van der Waals surface area contributed by atoms with Gasteiger partial charge in [0, 0.05) is 19.3 Å². The maximum atomic E-state index is 13.6. The van der Waals surface area contributed by atoms with Gasteiger partial charge in [-0.15, -0.1) is 0 Å². The Bertz CT molecular complexity index is 834. The van der Waals surface area contributed by atoms with E-state index in [2.05, 4.69) is 15.1 Å². The number of nitrogens with zero attached hydrogens (tertiary/aromatic N) is 3. The van der Waals surface area contributed by atoms with Crippen LogP contribution < -0.4 is 0 Å². The van der Waals surface area contributed by atoms with E-state index in [0.29, 0.717) is 16.9 Å². The molecule has 2 N–H and O–H groups in total. The van der Waals surface area contributed by atoms with Crippen molar-refractivity contribution in [3.8, 4) is 11.4 Å². The highest BCUT2D eigenvalue weighted by molar-refractivity contribution is 5.93. The third kappa shape index (κ3) is 1.83. The van der Waals surface area contributed by atoms with E-state index in [9.17, 15) is 9.18 Å². The Morgan fingerprint density at radius 1 is 1.45 bits per heavy atom. The number of aromatic carboxylic acids is 1. The smallest absolute Gasteiger partial charge is 0.338 e. The number of aromatic nitrogens is 4. The second-order valence-corrected chi connectivity index (χ2v) is 4.54. The van der Waals surface area contributed by atoms with Crippen molar-refractivity contribution in [1.29, 1.82) is 0 Å². The van der Waals surface area contributed by atoms with E-state index >= 15 is 0 Å². The Labute approximate surface area is 112 Å². The number of hydrogen-bond donors (Lipinski definition) is 2. The lowest BCUT2D eigenvalue weighted by molar-refractivity contribution is 0.0692. The summed E-state index contributed by atoms with van der Waals surface area (Å²) in [6.45, 7) is 1.84. The average Bonchev–Trinajstić information content (AvgIpc) is 2.90. The summed E-state index contributed by atoms with van der Waals surface area (Å²) in [7, 11) is 1.79. The van der Waals surface area contributed by atoms with Crippen LogP contribution in [0.4, 0.5) is 4.39 Å². The van der Waals surface area contributed by atoms with Gasteiger partial charge in [0.05, 0.1) is 27.9 Å². The molecular formula is C13H11FN4O2. The van der Waals surface area contributed by atoms with E-state index < -0.39 is 17.3 Å². The van der Waals surface area contributed by atoms with E-state index in [1.165, 1.54) is 6.07 Å². The summed E-state index contributed by atoms with van der Waals surface area (Å²) in [5.74, 6) is -1.57. The van der Waals surface area contributed by atoms with E-state index in [1.807, 2.05) is 6.92 Å². The number of carboxylic acid groups (broad SMARTS) is 1. The number of carboxylic acids is 1. The molecule has 102 valence electrons. The summed E-state index contributed by atoms with van der Waals surface area (Å²) in [6, 6.07) is 2.36. The van der Waals surface area contributed by atoms with Gasteiger partial charge in [0.1, 0.15) is 11.6 Å². The van der Waals surface area contributed by atoms with E-state index in [0.717, 1.165) is 17.3 Å². The highest BCUT2D eigenvalue weighted by atomic mass is 19.1. The molecule has 0 saturated carbocycles. The lowest BCUT2D eigenvalue weighted by atomic mass is 10.2. The summed E-state index contributed by atoms with van der Waals surface area (Å²) in [5, 5.41) is 13.1. The summed E-state index contributed by atoms with van der Waals surface area (Å²) >= 11 is 0. The fraction of sp³-hybridized carbons (Fsp3) is 0.154. The molecule has 0 fully saturated rings. The van der Waals surface area contributed by atoms with Crippen LogP contribution in [0.1, 0.15) is 16.1 Å². The molecule has 20 heavy (non-hydrogen) atoms. The predicted molar refractivity (Wildman–Crippen MR) is 70.0 cm³/mol. The molecule has 2 aromatic heterocycles. The van der Waals surface area contributed by atoms with Gasteiger partial charge in [0.2, 0.25) is 0 Å². The minimum atomic E-state index is -1.31. The van der Waals surface area contributed by atoms with Gasteiger partial charge in [-0.2, -0.15) is 5.10 Å². The zero-order valence-corrected chi connectivity index (χ0v) is 10.8. The molecule has 0 amide bonds. The number of rotatable bonds is 2. The fourth-order valence-electron chi connectivity index (χ4n) is 2.15. The van der Waals surface area contributed by atoms with Crippen LogP contribution in [-0.2, 0) is 7.05 Å². The molecule has 0 atom stereocenters. The van der Waals surface area contributed by atoms with Gasteiger partial charge in [-0.25, -0.2) is 14.2 Å². The molecule has 0 saturated heterocycles. The number of fused-ring (bicyclic) bond motifs is 1. The molecule has 0 aliphatic heterocycles. The maximum absolute atomic E-state index is 13.6. The summed E-state index contributed by atoms with van der Waals surface area (Å²) in [4.78, 5) is 18.2. The van der Waals surface area contributed by atoms with Crippen molar-refractivity contribution in [1.82, 2.24) is 19.7 Å². The molecule has 2 heterocycles. The Morgan fingerprint density at radius 3 is 2.80 bits per heavy atom. The fourth-order valence-corrected chi connectivity index (χ4v) is 2.15. The monoisotopic (exact) mass is 274 g/mol. The number of H-pyrrole nitrogens is 1. The molecule has 0 aliphatic rings. The van der Waals surface area contributed by atoms with Crippen molar-refractivity contribution in [3.05, 3.63) is 35.4 Å². The van der Waals surface area contributed by atoms with E-state index in [-0.39, 0.29) is 0 Å². The Hall–Kier alpha value is -2.70. The number of imidazole rings is 1. The van der Waals surface area contributed by atoms with Crippen molar-refractivity contribution in [2.24, 2.45) is 7.05 Å². The topological polar surface area (TPSA) is 83.8 Å². The first-order valence-corrected chi connectivity index (χ1v) is 5.89. The van der Waals surface area contributed by atoms with Crippen molar-refractivity contribution in [2.75, 3.05) is 0 Å². The molecule has 0 spiro atoms. The normalized spacial score (nSPS) is 11.2. The number of halogens is 1. The predicted octanol–water partition coefficient (Wildman–Crippen LogP) is 2.11. The van der Waals surface area contributed by atoms with Crippen LogP contribution >= 0.6 is 0 Å². The van der Waals surface area contributed by atoms with Crippen LogP contribution in [0.5, 0.6) is 0 Å². The number of aromatic amines is 1. The number of carbonyl (C=O) groups is 1. The second-order valence-electron chi connectivity index (χ2n) is 4.54. The molecule has 0 aliphatic carbocycles.